The van der Waals surface area contributed by atoms with Crippen molar-refractivity contribution in [3.05, 3.63) is 47.2 Å². The molecule has 2 aromatic rings. The van der Waals surface area contributed by atoms with E-state index >= 15 is 0 Å². The highest BCUT2D eigenvalue weighted by Gasteiger charge is 2.33. The molecule has 8 heteroatoms. The van der Waals surface area contributed by atoms with Crippen molar-refractivity contribution >= 4 is 23.2 Å². The Morgan fingerprint density at radius 2 is 2.00 bits per heavy atom. The SMILES string of the molecule is O=C(Cn1ccc(C(F)(F)F)n1)Nc1ccccc1Cl. The summed E-state index contributed by atoms with van der Waals surface area (Å²) in [5, 5.41) is 6.12. The molecule has 0 unspecified atom stereocenters. The Labute approximate surface area is 117 Å². The lowest BCUT2D eigenvalue weighted by Crippen LogP contribution is -2.20. The number of nitrogens with zero attached hydrogens (tertiary/aromatic N) is 2. The Morgan fingerprint density at radius 1 is 1.30 bits per heavy atom. The molecule has 4 nitrogen and oxygen atoms in total. The summed E-state index contributed by atoms with van der Waals surface area (Å²) in [7, 11) is 0. The zero-order chi connectivity index (χ0) is 14.8. The maximum absolute atomic E-state index is 12.3. The summed E-state index contributed by atoms with van der Waals surface area (Å²) in [5.41, 5.74) is -0.648. The molecule has 2 rings (SSSR count). The number of aromatic nitrogens is 2. The third-order valence-electron chi connectivity index (χ3n) is 2.38. The molecule has 0 saturated carbocycles. The van der Waals surface area contributed by atoms with Crippen molar-refractivity contribution in [3.8, 4) is 0 Å². The molecule has 1 N–H and O–H groups in total. The minimum atomic E-state index is -4.52. The number of alkyl halides is 3. The minimum Gasteiger partial charge on any atom is -0.323 e. The Morgan fingerprint density at radius 3 is 2.60 bits per heavy atom. The molecule has 106 valence electrons. The molecule has 0 aliphatic rings. The van der Waals surface area contributed by atoms with Gasteiger partial charge >= 0.3 is 6.18 Å². The van der Waals surface area contributed by atoms with Crippen molar-refractivity contribution in [2.24, 2.45) is 0 Å². The van der Waals surface area contributed by atoms with E-state index in [9.17, 15) is 18.0 Å². The van der Waals surface area contributed by atoms with Gasteiger partial charge in [0.15, 0.2) is 5.69 Å². The molecule has 1 amide bonds. The van der Waals surface area contributed by atoms with Crippen LogP contribution in [-0.4, -0.2) is 15.7 Å². The zero-order valence-corrected chi connectivity index (χ0v) is 10.7. The van der Waals surface area contributed by atoms with E-state index in [1.165, 1.54) is 0 Å². The fourth-order valence-corrected chi connectivity index (χ4v) is 1.68. The number of benzene rings is 1. The van der Waals surface area contributed by atoms with Crippen LogP contribution in [0.3, 0.4) is 0 Å². The van der Waals surface area contributed by atoms with Crippen LogP contribution < -0.4 is 5.32 Å². The van der Waals surface area contributed by atoms with Gasteiger partial charge in [-0.15, -0.1) is 0 Å². The molecule has 1 heterocycles. The third-order valence-corrected chi connectivity index (χ3v) is 2.71. The first kappa shape index (κ1) is 14.4. The minimum absolute atomic E-state index is 0.332. The average molecular weight is 304 g/mol. The Kier molecular flexibility index (Phi) is 3.99. The Hall–Kier alpha value is -2.02. The van der Waals surface area contributed by atoms with Gasteiger partial charge in [-0.3, -0.25) is 9.48 Å². The largest absolute Gasteiger partial charge is 0.435 e. The number of carbonyl (C=O) groups excluding carboxylic acids is 1. The van der Waals surface area contributed by atoms with Gasteiger partial charge in [0.05, 0.1) is 10.7 Å². The lowest BCUT2D eigenvalue weighted by Gasteiger charge is -2.07. The van der Waals surface area contributed by atoms with Gasteiger partial charge < -0.3 is 5.32 Å². The summed E-state index contributed by atoms with van der Waals surface area (Å²) in [6, 6.07) is 7.36. The normalized spacial score (nSPS) is 11.4. The van der Waals surface area contributed by atoms with Crippen molar-refractivity contribution < 1.29 is 18.0 Å². The molecular weight excluding hydrogens is 295 g/mol. The summed E-state index contributed by atoms with van der Waals surface area (Å²) >= 11 is 5.85. The number of hydrogen-bond acceptors (Lipinski definition) is 2. The van der Waals surface area contributed by atoms with E-state index in [4.69, 9.17) is 11.6 Å². The van der Waals surface area contributed by atoms with Crippen molar-refractivity contribution in [1.82, 2.24) is 9.78 Å². The number of halogens is 4. The standard InChI is InChI=1S/C12H9ClF3N3O/c13-8-3-1-2-4-9(8)17-11(20)7-19-6-5-10(18-19)12(14,15)16/h1-6H,7H2,(H,17,20). The number of anilines is 1. The van der Waals surface area contributed by atoms with Crippen molar-refractivity contribution in [2.75, 3.05) is 5.32 Å². The second-order valence-electron chi connectivity index (χ2n) is 3.92. The van der Waals surface area contributed by atoms with E-state index in [0.717, 1.165) is 16.9 Å². The molecule has 0 spiro atoms. The molecule has 0 aliphatic carbocycles. The Bertz CT molecular complexity index is 624. The summed E-state index contributed by atoms with van der Waals surface area (Å²) < 4.78 is 37.9. The predicted molar refractivity (Wildman–Crippen MR) is 67.3 cm³/mol. The molecule has 0 fully saturated rings. The van der Waals surface area contributed by atoms with Crippen LogP contribution in [0.5, 0.6) is 0 Å². The fraction of sp³-hybridized carbons (Fsp3) is 0.167. The van der Waals surface area contributed by atoms with Crippen LogP contribution in [0.25, 0.3) is 0 Å². The monoisotopic (exact) mass is 303 g/mol. The number of para-hydroxylation sites is 1. The van der Waals surface area contributed by atoms with Gasteiger partial charge in [-0.25, -0.2) is 0 Å². The number of carbonyl (C=O) groups is 1. The van der Waals surface area contributed by atoms with E-state index in [2.05, 4.69) is 10.4 Å². The molecule has 0 radical (unpaired) electrons. The Balaban J connectivity index is 2.02. The third kappa shape index (κ3) is 3.51. The van der Waals surface area contributed by atoms with Gasteiger partial charge in [0, 0.05) is 6.20 Å². The van der Waals surface area contributed by atoms with Crippen LogP contribution in [0.2, 0.25) is 5.02 Å². The lowest BCUT2D eigenvalue weighted by molar-refractivity contribution is -0.141. The lowest BCUT2D eigenvalue weighted by atomic mass is 10.3. The highest BCUT2D eigenvalue weighted by atomic mass is 35.5. The van der Waals surface area contributed by atoms with E-state index < -0.39 is 17.8 Å². The summed E-state index contributed by atoms with van der Waals surface area (Å²) in [4.78, 5) is 11.7. The molecule has 20 heavy (non-hydrogen) atoms. The molecule has 0 bridgehead atoms. The van der Waals surface area contributed by atoms with Crippen LogP contribution in [0, 0.1) is 0 Å². The van der Waals surface area contributed by atoms with Gasteiger partial charge in [0.1, 0.15) is 6.54 Å². The van der Waals surface area contributed by atoms with Gasteiger partial charge in [-0.05, 0) is 18.2 Å². The second-order valence-corrected chi connectivity index (χ2v) is 4.33. The van der Waals surface area contributed by atoms with Crippen LogP contribution in [0.4, 0.5) is 18.9 Å². The molecule has 0 aliphatic heterocycles. The van der Waals surface area contributed by atoms with Gasteiger partial charge in [-0.2, -0.15) is 18.3 Å². The maximum Gasteiger partial charge on any atom is 0.435 e. The smallest absolute Gasteiger partial charge is 0.323 e. The molecule has 1 aromatic carbocycles. The van der Waals surface area contributed by atoms with Gasteiger partial charge in [-0.1, -0.05) is 23.7 Å². The van der Waals surface area contributed by atoms with E-state index in [1.807, 2.05) is 0 Å². The average Bonchev–Trinajstić information content (AvgIpc) is 2.80. The van der Waals surface area contributed by atoms with E-state index in [1.54, 1.807) is 24.3 Å². The van der Waals surface area contributed by atoms with Crippen molar-refractivity contribution in [3.63, 3.8) is 0 Å². The van der Waals surface area contributed by atoms with Crippen molar-refractivity contribution in [1.29, 1.82) is 0 Å². The maximum atomic E-state index is 12.3. The van der Waals surface area contributed by atoms with Gasteiger partial charge in [0.2, 0.25) is 5.91 Å². The van der Waals surface area contributed by atoms with Crippen LogP contribution >= 0.6 is 11.6 Å². The molecule has 1 aromatic heterocycles. The first-order valence-corrected chi connectivity index (χ1v) is 5.89. The topological polar surface area (TPSA) is 46.9 Å². The van der Waals surface area contributed by atoms with Crippen LogP contribution in [0.15, 0.2) is 36.5 Å². The summed E-state index contributed by atoms with van der Waals surface area (Å²) in [5.74, 6) is -0.519. The zero-order valence-electron chi connectivity index (χ0n) is 9.99. The van der Waals surface area contributed by atoms with Crippen molar-refractivity contribution in [2.45, 2.75) is 12.7 Å². The van der Waals surface area contributed by atoms with Gasteiger partial charge in [0.25, 0.3) is 0 Å². The summed E-state index contributed by atoms with van der Waals surface area (Å²) in [6.45, 7) is -0.332. The first-order valence-electron chi connectivity index (χ1n) is 5.51. The number of rotatable bonds is 3. The van der Waals surface area contributed by atoms with Crippen LogP contribution in [0.1, 0.15) is 5.69 Å². The van der Waals surface area contributed by atoms with E-state index in [-0.39, 0.29) is 6.54 Å². The fourth-order valence-electron chi connectivity index (χ4n) is 1.50. The number of nitrogens with one attached hydrogen (secondary N) is 1. The summed E-state index contributed by atoms with van der Waals surface area (Å²) in [6.07, 6.45) is -3.43. The molecule has 0 saturated heterocycles. The van der Waals surface area contributed by atoms with E-state index in [0.29, 0.717) is 10.7 Å². The number of hydrogen-bond donors (Lipinski definition) is 1. The second kappa shape index (κ2) is 5.54. The highest BCUT2D eigenvalue weighted by molar-refractivity contribution is 6.33. The molecular formula is C12H9ClF3N3O. The predicted octanol–water partition coefficient (Wildman–Crippen LogP) is 3.19. The molecule has 0 atom stereocenters. The quantitative estimate of drug-likeness (QED) is 0.946. The first-order chi connectivity index (χ1) is 9.36. The number of amides is 1. The van der Waals surface area contributed by atoms with Crippen LogP contribution in [-0.2, 0) is 17.5 Å². The highest BCUT2D eigenvalue weighted by Crippen LogP contribution is 2.27.